The Bertz CT molecular complexity index is 744. The van der Waals surface area contributed by atoms with E-state index in [0.717, 1.165) is 38.5 Å². The lowest BCUT2D eigenvalue weighted by Crippen LogP contribution is -2.29. The number of hydrogen-bond donors (Lipinski definition) is 2. The van der Waals surface area contributed by atoms with Crippen LogP contribution in [0.5, 0.6) is 0 Å². The van der Waals surface area contributed by atoms with Gasteiger partial charge in [0.1, 0.15) is 6.61 Å². The fraction of sp³-hybridized carbons (Fsp3) is 0.806. The first-order valence-corrected chi connectivity index (χ1v) is 17.3. The van der Waals surface area contributed by atoms with Gasteiger partial charge in [0.25, 0.3) is 0 Å². The SMILES string of the molecule is CCCCCC/C=C\C/C=C\CCCCCCCCCC(=O)OC(COC(=O)CCCC)COP(=O)(O)OCCN. The van der Waals surface area contributed by atoms with Gasteiger partial charge in [-0.05, 0) is 44.9 Å². The van der Waals surface area contributed by atoms with E-state index in [1.807, 2.05) is 6.92 Å². The van der Waals surface area contributed by atoms with Crippen LogP contribution in [0.2, 0.25) is 0 Å². The number of rotatable bonds is 29. The van der Waals surface area contributed by atoms with Crippen LogP contribution in [0.15, 0.2) is 24.3 Å². The van der Waals surface area contributed by atoms with Gasteiger partial charge in [0, 0.05) is 19.4 Å². The van der Waals surface area contributed by atoms with E-state index in [1.165, 1.54) is 51.4 Å². The molecule has 0 spiro atoms. The molecule has 0 amide bonds. The van der Waals surface area contributed by atoms with Crippen LogP contribution in [0.1, 0.15) is 129 Å². The van der Waals surface area contributed by atoms with Crippen molar-refractivity contribution in [2.75, 3.05) is 26.4 Å². The highest BCUT2D eigenvalue weighted by Crippen LogP contribution is 2.43. The lowest BCUT2D eigenvalue weighted by Gasteiger charge is -2.19. The number of ether oxygens (including phenoxy) is 2. The van der Waals surface area contributed by atoms with Crippen molar-refractivity contribution in [2.45, 2.75) is 136 Å². The van der Waals surface area contributed by atoms with Crippen molar-refractivity contribution in [3.05, 3.63) is 24.3 Å². The van der Waals surface area contributed by atoms with Crippen LogP contribution in [-0.4, -0.2) is 49.3 Å². The number of carbonyl (C=O) groups excluding carboxylic acids is 2. The molecule has 10 heteroatoms. The Balaban J connectivity index is 4.04. The van der Waals surface area contributed by atoms with Gasteiger partial charge < -0.3 is 20.1 Å². The molecule has 0 heterocycles. The summed E-state index contributed by atoms with van der Waals surface area (Å²) in [5.74, 6) is -0.881. The monoisotopic (exact) mass is 603 g/mol. The van der Waals surface area contributed by atoms with E-state index in [0.29, 0.717) is 12.8 Å². The maximum Gasteiger partial charge on any atom is 0.472 e. The second kappa shape index (κ2) is 28.6. The van der Waals surface area contributed by atoms with Crippen molar-refractivity contribution in [3.8, 4) is 0 Å². The van der Waals surface area contributed by atoms with Gasteiger partial charge in [0.15, 0.2) is 6.10 Å². The first-order chi connectivity index (χ1) is 19.8. The molecule has 0 aromatic carbocycles. The second-order valence-electron chi connectivity index (χ2n) is 10.3. The van der Waals surface area contributed by atoms with E-state index in [4.69, 9.17) is 24.3 Å². The number of carbonyl (C=O) groups is 2. The molecule has 0 aliphatic carbocycles. The Morgan fingerprint density at radius 1 is 0.732 bits per heavy atom. The molecule has 2 atom stereocenters. The van der Waals surface area contributed by atoms with Gasteiger partial charge in [0.2, 0.25) is 0 Å². The Morgan fingerprint density at radius 3 is 1.90 bits per heavy atom. The average Bonchev–Trinajstić information content (AvgIpc) is 2.95. The summed E-state index contributed by atoms with van der Waals surface area (Å²) in [7, 11) is -4.35. The highest BCUT2D eigenvalue weighted by Gasteiger charge is 2.25. The van der Waals surface area contributed by atoms with E-state index < -0.39 is 32.5 Å². The third kappa shape index (κ3) is 28.4. The minimum Gasteiger partial charge on any atom is -0.462 e. The Morgan fingerprint density at radius 2 is 1.29 bits per heavy atom. The van der Waals surface area contributed by atoms with Gasteiger partial charge in [-0.2, -0.15) is 0 Å². The van der Waals surface area contributed by atoms with Crippen LogP contribution >= 0.6 is 7.82 Å². The minimum atomic E-state index is -4.35. The molecule has 9 nitrogen and oxygen atoms in total. The number of allylic oxidation sites excluding steroid dienone is 4. The Hall–Kier alpha value is -1.51. The lowest BCUT2D eigenvalue weighted by atomic mass is 10.1. The van der Waals surface area contributed by atoms with Gasteiger partial charge in [-0.25, -0.2) is 4.57 Å². The zero-order chi connectivity index (χ0) is 30.4. The fourth-order valence-electron chi connectivity index (χ4n) is 3.93. The molecule has 0 aromatic rings. The van der Waals surface area contributed by atoms with Crippen molar-refractivity contribution in [1.29, 1.82) is 0 Å². The molecule has 0 radical (unpaired) electrons. The summed E-state index contributed by atoms with van der Waals surface area (Å²) in [6.45, 7) is 3.41. The third-order valence-corrected chi connectivity index (χ3v) is 7.32. The van der Waals surface area contributed by atoms with Crippen molar-refractivity contribution in [2.24, 2.45) is 5.73 Å². The van der Waals surface area contributed by atoms with Crippen molar-refractivity contribution < 1.29 is 37.6 Å². The van der Waals surface area contributed by atoms with Gasteiger partial charge in [0.05, 0.1) is 13.2 Å². The zero-order valence-corrected chi connectivity index (χ0v) is 26.7. The first kappa shape index (κ1) is 39.5. The lowest BCUT2D eigenvalue weighted by molar-refractivity contribution is -0.161. The molecule has 0 saturated carbocycles. The van der Waals surface area contributed by atoms with Gasteiger partial charge >= 0.3 is 19.8 Å². The van der Waals surface area contributed by atoms with Crippen molar-refractivity contribution >= 4 is 19.8 Å². The molecule has 0 bridgehead atoms. The summed E-state index contributed by atoms with van der Waals surface area (Å²) in [5, 5.41) is 0. The fourth-order valence-corrected chi connectivity index (χ4v) is 4.70. The predicted molar refractivity (Wildman–Crippen MR) is 164 cm³/mol. The molecular weight excluding hydrogens is 545 g/mol. The summed E-state index contributed by atoms with van der Waals surface area (Å²) in [5.41, 5.74) is 5.27. The van der Waals surface area contributed by atoms with Gasteiger partial charge in [-0.1, -0.05) is 95.9 Å². The number of esters is 2. The standard InChI is InChI=1S/C31H58NO8P/c1-3-5-7-8-9-10-11-12-13-14-15-16-17-18-19-20-21-22-24-31(34)40-29(27-37-30(33)23-6-4-2)28-39-41(35,36)38-26-25-32/h10-11,13-14,29H,3-9,12,15-28,32H2,1-2H3,(H,35,36)/b11-10-,14-13-. The molecule has 0 saturated heterocycles. The maximum atomic E-state index is 12.3. The van der Waals surface area contributed by atoms with Crippen molar-refractivity contribution in [3.63, 3.8) is 0 Å². The van der Waals surface area contributed by atoms with E-state index in [9.17, 15) is 19.0 Å². The highest BCUT2D eigenvalue weighted by atomic mass is 31.2. The summed E-state index contributed by atoms with van der Waals surface area (Å²) in [6.07, 6.45) is 26.1. The highest BCUT2D eigenvalue weighted by molar-refractivity contribution is 7.47. The molecule has 2 unspecified atom stereocenters. The van der Waals surface area contributed by atoms with E-state index in [1.54, 1.807) is 0 Å². The smallest absolute Gasteiger partial charge is 0.462 e. The summed E-state index contributed by atoms with van der Waals surface area (Å²) < 4.78 is 32.0. The van der Waals surface area contributed by atoms with E-state index >= 15 is 0 Å². The van der Waals surface area contributed by atoms with Crippen LogP contribution in [0, 0.1) is 0 Å². The molecular formula is C31H58NO8P. The largest absolute Gasteiger partial charge is 0.472 e. The first-order valence-electron chi connectivity index (χ1n) is 15.8. The number of phosphoric ester groups is 1. The molecule has 0 aromatic heterocycles. The van der Waals surface area contributed by atoms with Crippen LogP contribution in [-0.2, 0) is 32.7 Å². The molecule has 0 aliphatic rings. The Kier molecular flexibility index (Phi) is 27.5. The average molecular weight is 604 g/mol. The maximum absolute atomic E-state index is 12.3. The van der Waals surface area contributed by atoms with Gasteiger partial charge in [-0.15, -0.1) is 0 Å². The molecule has 0 fully saturated rings. The number of hydrogen-bond acceptors (Lipinski definition) is 8. The van der Waals surface area contributed by atoms with E-state index in [2.05, 4.69) is 31.2 Å². The normalized spacial score (nSPS) is 14.0. The summed E-state index contributed by atoms with van der Waals surface area (Å²) in [6, 6.07) is 0. The molecule has 3 N–H and O–H groups in total. The van der Waals surface area contributed by atoms with Crippen LogP contribution in [0.25, 0.3) is 0 Å². The number of phosphoric acid groups is 1. The van der Waals surface area contributed by atoms with Crippen LogP contribution < -0.4 is 5.73 Å². The number of unbranched alkanes of at least 4 members (excludes halogenated alkanes) is 12. The van der Waals surface area contributed by atoms with Gasteiger partial charge in [-0.3, -0.25) is 18.6 Å². The summed E-state index contributed by atoms with van der Waals surface area (Å²) >= 11 is 0. The van der Waals surface area contributed by atoms with Crippen LogP contribution in [0.4, 0.5) is 0 Å². The summed E-state index contributed by atoms with van der Waals surface area (Å²) in [4.78, 5) is 33.9. The molecule has 0 aliphatic heterocycles. The predicted octanol–water partition coefficient (Wildman–Crippen LogP) is 7.71. The third-order valence-electron chi connectivity index (χ3n) is 6.34. The van der Waals surface area contributed by atoms with Crippen LogP contribution in [0.3, 0.4) is 0 Å². The van der Waals surface area contributed by atoms with Crippen molar-refractivity contribution in [1.82, 2.24) is 0 Å². The zero-order valence-electron chi connectivity index (χ0n) is 25.8. The molecule has 240 valence electrons. The topological polar surface area (TPSA) is 134 Å². The minimum absolute atomic E-state index is 0.0517. The number of nitrogens with two attached hydrogens (primary N) is 1. The van der Waals surface area contributed by atoms with E-state index in [-0.39, 0.29) is 32.6 Å². The second-order valence-corrected chi connectivity index (χ2v) is 11.8. The Labute approximate surface area is 249 Å². The quantitative estimate of drug-likeness (QED) is 0.0381. The molecule has 0 rings (SSSR count). The molecule has 41 heavy (non-hydrogen) atoms.